The van der Waals surface area contributed by atoms with Gasteiger partial charge in [-0.2, -0.15) is 0 Å². The molecule has 0 radical (unpaired) electrons. The summed E-state index contributed by atoms with van der Waals surface area (Å²) in [7, 11) is 2.15. The Bertz CT molecular complexity index is 3680. The largest absolute Gasteiger partial charge is 0.344 e. The zero-order valence-electron chi connectivity index (χ0n) is 33.7. The summed E-state index contributed by atoms with van der Waals surface area (Å²) in [5, 5.41) is 11.7. The van der Waals surface area contributed by atoms with Gasteiger partial charge in [0.05, 0.1) is 45.8 Å². The van der Waals surface area contributed by atoms with Crippen LogP contribution in [-0.4, -0.2) is 24.5 Å². The number of rotatable bonds is 4. The highest BCUT2D eigenvalue weighted by Crippen LogP contribution is 2.39. The van der Waals surface area contributed by atoms with Gasteiger partial charge in [-0.05, 0) is 80.2 Å². The minimum absolute atomic E-state index is 0.856. The van der Waals surface area contributed by atoms with E-state index in [0.717, 1.165) is 88.4 Å². The van der Waals surface area contributed by atoms with Gasteiger partial charge in [-0.15, -0.1) is 0 Å². The number of hydrogen-bond acceptors (Lipinski definition) is 4. The third-order valence-corrected chi connectivity index (χ3v) is 12.8. The van der Waals surface area contributed by atoms with E-state index < -0.39 is 0 Å². The van der Waals surface area contributed by atoms with Crippen molar-refractivity contribution in [3.8, 4) is 44.8 Å². The average molecular weight is 790 g/mol. The summed E-state index contributed by atoms with van der Waals surface area (Å²) in [5.74, 6) is 0. The normalized spacial score (nSPS) is 12.0. The van der Waals surface area contributed by atoms with Gasteiger partial charge < -0.3 is 4.57 Å². The smallest absolute Gasteiger partial charge is 0.0979 e. The molecular formula is C57H35N5. The van der Waals surface area contributed by atoms with Crippen molar-refractivity contribution in [3.05, 3.63) is 194 Å². The van der Waals surface area contributed by atoms with Crippen LogP contribution in [0.1, 0.15) is 0 Å². The average Bonchev–Trinajstić information content (AvgIpc) is 3.63. The molecule has 3 aromatic heterocycles. The Kier molecular flexibility index (Phi) is 7.45. The number of benzene rings is 10. The number of aromatic nitrogens is 5. The summed E-state index contributed by atoms with van der Waals surface area (Å²) in [5.41, 5.74) is 14.4. The van der Waals surface area contributed by atoms with Crippen molar-refractivity contribution in [2.45, 2.75) is 0 Å². The molecule has 0 unspecified atom stereocenters. The highest BCUT2D eigenvalue weighted by molar-refractivity contribution is 6.24. The third-order valence-electron chi connectivity index (χ3n) is 12.8. The lowest BCUT2D eigenvalue weighted by molar-refractivity contribution is 1.01. The van der Waals surface area contributed by atoms with Gasteiger partial charge in [-0.3, -0.25) is 9.97 Å². The zero-order chi connectivity index (χ0) is 40.9. The van der Waals surface area contributed by atoms with E-state index >= 15 is 0 Å². The molecule has 5 nitrogen and oxygen atoms in total. The van der Waals surface area contributed by atoms with Crippen LogP contribution in [0.4, 0.5) is 0 Å². The highest BCUT2D eigenvalue weighted by atomic mass is 14.9. The number of nitrogens with zero attached hydrogens (tertiary/aromatic N) is 5. The molecule has 13 rings (SSSR count). The van der Waals surface area contributed by atoms with Gasteiger partial charge >= 0.3 is 0 Å². The molecule has 5 heteroatoms. The van der Waals surface area contributed by atoms with Gasteiger partial charge in [0, 0.05) is 61.5 Å². The topological polar surface area (TPSA) is 56.5 Å². The molecule has 0 saturated heterocycles. The van der Waals surface area contributed by atoms with Crippen LogP contribution in [0.3, 0.4) is 0 Å². The number of aryl methyl sites for hydroxylation is 1. The molecule has 288 valence electrons. The van der Waals surface area contributed by atoms with Crippen LogP contribution in [0.5, 0.6) is 0 Å². The molecule has 0 aliphatic rings. The van der Waals surface area contributed by atoms with Crippen LogP contribution in [-0.2, 0) is 7.05 Å². The van der Waals surface area contributed by atoms with Gasteiger partial charge in [-0.25, -0.2) is 9.97 Å². The molecule has 0 atom stereocenters. The second-order valence-corrected chi connectivity index (χ2v) is 16.3. The van der Waals surface area contributed by atoms with Crippen molar-refractivity contribution in [1.29, 1.82) is 0 Å². The van der Waals surface area contributed by atoms with Crippen molar-refractivity contribution < 1.29 is 0 Å². The van der Waals surface area contributed by atoms with Crippen molar-refractivity contribution >= 4 is 87.0 Å². The van der Waals surface area contributed by atoms with Gasteiger partial charge in [0.2, 0.25) is 0 Å². The Labute approximate surface area is 356 Å². The Morgan fingerprint density at radius 2 is 0.629 bits per heavy atom. The Morgan fingerprint density at radius 3 is 1.03 bits per heavy atom. The predicted octanol–water partition coefficient (Wildman–Crippen LogP) is 14.5. The maximum absolute atomic E-state index is 5.28. The van der Waals surface area contributed by atoms with Crippen molar-refractivity contribution in [3.63, 3.8) is 0 Å². The first-order chi connectivity index (χ1) is 30.6. The first kappa shape index (κ1) is 34.6. The first-order valence-corrected chi connectivity index (χ1v) is 21.0. The maximum Gasteiger partial charge on any atom is 0.0979 e. The van der Waals surface area contributed by atoms with Crippen LogP contribution >= 0.6 is 0 Å². The third kappa shape index (κ3) is 5.22. The van der Waals surface area contributed by atoms with E-state index in [1.165, 1.54) is 43.4 Å². The molecule has 13 aromatic rings. The standard InChI is InChI=1S/C57H35N5/c1-62-52-26-24-36(34-12-10-14-38(28-34)50-32-58-54-44-20-6-2-16-40(44)42-18-4-8-22-46(42)56(54)60-50)30-48(52)49-31-37(25-27-53(49)62)35-13-11-15-39(29-35)51-33-59-55-45-21-7-3-17-41(45)43-19-5-9-23-47(43)57(55)61-51/h2-33H,1H3. The molecule has 62 heavy (non-hydrogen) atoms. The van der Waals surface area contributed by atoms with Crippen LogP contribution in [0.25, 0.3) is 132 Å². The lowest BCUT2D eigenvalue weighted by Crippen LogP contribution is -1.92. The van der Waals surface area contributed by atoms with E-state index in [1.807, 2.05) is 12.4 Å². The molecule has 0 saturated carbocycles. The Balaban J connectivity index is 0.889. The molecular weight excluding hydrogens is 755 g/mol. The molecule has 0 bridgehead atoms. The van der Waals surface area contributed by atoms with Crippen LogP contribution in [0, 0.1) is 0 Å². The molecule has 0 spiro atoms. The highest BCUT2D eigenvalue weighted by Gasteiger charge is 2.16. The lowest BCUT2D eigenvalue weighted by Gasteiger charge is -2.11. The monoisotopic (exact) mass is 789 g/mol. The summed E-state index contributed by atoms with van der Waals surface area (Å²) in [4.78, 5) is 20.6. The summed E-state index contributed by atoms with van der Waals surface area (Å²) < 4.78 is 2.29. The van der Waals surface area contributed by atoms with Crippen molar-refractivity contribution in [2.75, 3.05) is 0 Å². The van der Waals surface area contributed by atoms with E-state index in [2.05, 4.69) is 194 Å². The lowest BCUT2D eigenvalue weighted by atomic mass is 9.97. The SMILES string of the molecule is Cn1c2ccc(-c3cccc(-c4cnc5c6ccccc6c6ccccc6c5n4)c3)cc2c2cc(-c3cccc(-c4cnc5c6ccccc6c6ccccc6c5n4)c3)ccc21. The summed E-state index contributed by atoms with van der Waals surface area (Å²) in [6, 6.07) is 65.0. The van der Waals surface area contributed by atoms with Crippen LogP contribution in [0.15, 0.2) is 194 Å². The molecule has 0 N–H and O–H groups in total. The minimum atomic E-state index is 0.856. The van der Waals surface area contributed by atoms with Gasteiger partial charge in [-0.1, -0.05) is 146 Å². The van der Waals surface area contributed by atoms with E-state index in [-0.39, 0.29) is 0 Å². The maximum atomic E-state index is 5.28. The summed E-state index contributed by atoms with van der Waals surface area (Å²) in [6.07, 6.45) is 3.84. The zero-order valence-corrected chi connectivity index (χ0v) is 33.7. The summed E-state index contributed by atoms with van der Waals surface area (Å²) in [6.45, 7) is 0. The Morgan fingerprint density at radius 1 is 0.290 bits per heavy atom. The number of fused-ring (bicyclic) bond motifs is 15. The fourth-order valence-electron chi connectivity index (χ4n) is 9.82. The van der Waals surface area contributed by atoms with Crippen LogP contribution in [0.2, 0.25) is 0 Å². The minimum Gasteiger partial charge on any atom is -0.344 e. The fraction of sp³-hybridized carbons (Fsp3) is 0.0175. The number of hydrogen-bond donors (Lipinski definition) is 0. The fourth-order valence-corrected chi connectivity index (χ4v) is 9.82. The van der Waals surface area contributed by atoms with Crippen molar-refractivity contribution in [2.24, 2.45) is 7.05 Å². The summed E-state index contributed by atoms with van der Waals surface area (Å²) >= 11 is 0. The van der Waals surface area contributed by atoms with E-state index in [4.69, 9.17) is 19.9 Å². The molecule has 3 heterocycles. The van der Waals surface area contributed by atoms with Gasteiger partial charge in [0.1, 0.15) is 0 Å². The van der Waals surface area contributed by atoms with Crippen LogP contribution < -0.4 is 0 Å². The van der Waals surface area contributed by atoms with E-state index in [9.17, 15) is 0 Å². The van der Waals surface area contributed by atoms with Crippen molar-refractivity contribution in [1.82, 2.24) is 24.5 Å². The molecule has 0 amide bonds. The van der Waals surface area contributed by atoms with E-state index in [1.54, 1.807) is 0 Å². The predicted molar refractivity (Wildman–Crippen MR) is 258 cm³/mol. The molecule has 0 aliphatic carbocycles. The Hall–Kier alpha value is -8.28. The molecule has 0 fully saturated rings. The molecule has 0 aliphatic heterocycles. The van der Waals surface area contributed by atoms with E-state index in [0.29, 0.717) is 0 Å². The molecule has 10 aromatic carbocycles. The van der Waals surface area contributed by atoms with Gasteiger partial charge in [0.25, 0.3) is 0 Å². The second-order valence-electron chi connectivity index (χ2n) is 16.3. The van der Waals surface area contributed by atoms with Gasteiger partial charge in [0.15, 0.2) is 0 Å². The quantitative estimate of drug-likeness (QED) is 0.167. The first-order valence-electron chi connectivity index (χ1n) is 21.0. The second kappa shape index (κ2) is 13.4.